The summed E-state index contributed by atoms with van der Waals surface area (Å²) < 4.78 is 5.17. The van der Waals surface area contributed by atoms with Crippen molar-refractivity contribution < 1.29 is 14.3 Å². The van der Waals surface area contributed by atoms with Crippen LogP contribution in [0.3, 0.4) is 0 Å². The molecule has 2 amide bonds. The summed E-state index contributed by atoms with van der Waals surface area (Å²) in [5, 5.41) is 2.77. The molecule has 0 bridgehead atoms. The van der Waals surface area contributed by atoms with Crippen molar-refractivity contribution in [3.8, 4) is 16.2 Å². The van der Waals surface area contributed by atoms with Crippen LogP contribution < -0.4 is 15.8 Å². The lowest BCUT2D eigenvalue weighted by Gasteiger charge is -2.05. The van der Waals surface area contributed by atoms with E-state index in [1.54, 1.807) is 41.7 Å². The van der Waals surface area contributed by atoms with Gasteiger partial charge < -0.3 is 15.8 Å². The molecule has 3 N–H and O–H groups in total. The highest BCUT2D eigenvalue weighted by Gasteiger charge is 2.03. The van der Waals surface area contributed by atoms with Crippen LogP contribution in [-0.2, 0) is 9.59 Å². The zero-order valence-corrected chi connectivity index (χ0v) is 15.2. The van der Waals surface area contributed by atoms with Crippen molar-refractivity contribution in [2.24, 2.45) is 5.73 Å². The first-order valence-electron chi connectivity index (χ1n) is 8.25. The third-order valence-electron chi connectivity index (χ3n) is 3.59. The van der Waals surface area contributed by atoms with Crippen LogP contribution in [-0.4, -0.2) is 18.4 Å². The van der Waals surface area contributed by atoms with Crippen molar-refractivity contribution in [3.05, 3.63) is 77.7 Å². The number of ether oxygens (including phenoxy) is 1. The second-order valence-corrected chi connectivity index (χ2v) is 6.79. The predicted octanol–water partition coefficient (Wildman–Crippen LogP) is 3.93. The Morgan fingerprint density at radius 3 is 2.44 bits per heavy atom. The second-order valence-electron chi connectivity index (χ2n) is 5.67. The summed E-state index contributed by atoms with van der Waals surface area (Å²) in [6, 6.07) is 20.8. The minimum atomic E-state index is -0.540. The van der Waals surface area contributed by atoms with Gasteiger partial charge in [-0.25, -0.2) is 0 Å². The van der Waals surface area contributed by atoms with E-state index in [0.29, 0.717) is 11.4 Å². The maximum atomic E-state index is 12.1. The molecule has 27 heavy (non-hydrogen) atoms. The molecule has 5 nitrogen and oxygen atoms in total. The molecular formula is C21H18N2O3S. The van der Waals surface area contributed by atoms with Gasteiger partial charge in [0.1, 0.15) is 5.75 Å². The van der Waals surface area contributed by atoms with Crippen LogP contribution in [0.25, 0.3) is 16.5 Å². The third-order valence-corrected chi connectivity index (χ3v) is 4.69. The zero-order valence-electron chi connectivity index (χ0n) is 14.4. The molecule has 0 radical (unpaired) electrons. The Balaban J connectivity index is 1.56. The summed E-state index contributed by atoms with van der Waals surface area (Å²) in [6.45, 7) is -0.180. The standard InChI is InChI=1S/C21H18N2O3S/c22-20(24)14-26-17-8-6-16(7-9-17)23-21(25)13-11-18-10-12-19(27-18)15-4-2-1-3-5-15/h1-13H,14H2,(H2,22,24)(H,23,25)/b13-11+. The van der Waals surface area contributed by atoms with Gasteiger partial charge in [0, 0.05) is 21.5 Å². The summed E-state index contributed by atoms with van der Waals surface area (Å²) in [5.41, 5.74) is 6.81. The topological polar surface area (TPSA) is 81.4 Å². The van der Waals surface area contributed by atoms with Crippen molar-refractivity contribution in [1.29, 1.82) is 0 Å². The van der Waals surface area contributed by atoms with Crippen molar-refractivity contribution in [2.45, 2.75) is 0 Å². The van der Waals surface area contributed by atoms with E-state index < -0.39 is 5.91 Å². The zero-order chi connectivity index (χ0) is 19.1. The number of nitrogens with one attached hydrogen (secondary N) is 1. The van der Waals surface area contributed by atoms with Crippen LogP contribution in [0.15, 0.2) is 72.8 Å². The van der Waals surface area contributed by atoms with Crippen LogP contribution in [0.5, 0.6) is 5.75 Å². The SMILES string of the molecule is NC(=O)COc1ccc(NC(=O)/C=C/c2ccc(-c3ccccc3)s2)cc1. The largest absolute Gasteiger partial charge is 0.484 e. The van der Waals surface area contributed by atoms with E-state index in [1.165, 1.54) is 6.08 Å². The van der Waals surface area contributed by atoms with Crippen LogP contribution in [0, 0.1) is 0 Å². The van der Waals surface area contributed by atoms with Crippen LogP contribution in [0.1, 0.15) is 4.88 Å². The first-order chi connectivity index (χ1) is 13.1. The maximum absolute atomic E-state index is 12.1. The molecule has 0 saturated heterocycles. The molecule has 0 fully saturated rings. The van der Waals surface area contributed by atoms with Crippen LogP contribution in [0.4, 0.5) is 5.69 Å². The lowest BCUT2D eigenvalue weighted by molar-refractivity contribution is -0.120. The molecule has 0 atom stereocenters. The fraction of sp³-hybridized carbons (Fsp3) is 0.0476. The second kappa shape index (κ2) is 8.82. The van der Waals surface area contributed by atoms with E-state index in [4.69, 9.17) is 10.5 Å². The Labute approximate surface area is 161 Å². The average Bonchev–Trinajstić information content (AvgIpc) is 3.16. The summed E-state index contributed by atoms with van der Waals surface area (Å²) >= 11 is 1.62. The number of thiophene rings is 1. The van der Waals surface area contributed by atoms with Crippen molar-refractivity contribution in [1.82, 2.24) is 0 Å². The van der Waals surface area contributed by atoms with Gasteiger partial charge in [0.05, 0.1) is 0 Å². The van der Waals surface area contributed by atoms with Gasteiger partial charge in [-0.05, 0) is 48.0 Å². The molecule has 3 aromatic rings. The molecule has 1 heterocycles. The highest BCUT2D eigenvalue weighted by molar-refractivity contribution is 7.16. The number of rotatable bonds is 7. The number of benzene rings is 2. The fourth-order valence-electron chi connectivity index (χ4n) is 2.33. The van der Waals surface area contributed by atoms with Crippen LogP contribution >= 0.6 is 11.3 Å². The van der Waals surface area contributed by atoms with Crippen molar-refractivity contribution in [3.63, 3.8) is 0 Å². The fourth-order valence-corrected chi connectivity index (χ4v) is 3.25. The molecule has 6 heteroatoms. The van der Waals surface area contributed by atoms with Gasteiger partial charge in [-0.1, -0.05) is 30.3 Å². The Morgan fingerprint density at radius 1 is 1.00 bits per heavy atom. The molecular weight excluding hydrogens is 360 g/mol. The van der Waals surface area contributed by atoms with Gasteiger partial charge in [0.25, 0.3) is 5.91 Å². The maximum Gasteiger partial charge on any atom is 0.255 e. The summed E-state index contributed by atoms with van der Waals surface area (Å²) in [7, 11) is 0. The minimum absolute atomic E-state index is 0.180. The van der Waals surface area contributed by atoms with Crippen molar-refractivity contribution >= 4 is 34.9 Å². The highest BCUT2D eigenvalue weighted by atomic mass is 32.1. The van der Waals surface area contributed by atoms with Gasteiger partial charge in [0.2, 0.25) is 5.91 Å². The lowest BCUT2D eigenvalue weighted by Crippen LogP contribution is -2.20. The molecule has 2 aromatic carbocycles. The Bertz CT molecular complexity index is 947. The summed E-state index contributed by atoms with van der Waals surface area (Å²) in [6.07, 6.45) is 3.29. The van der Waals surface area contributed by atoms with Gasteiger partial charge in [-0.3, -0.25) is 9.59 Å². The monoisotopic (exact) mass is 378 g/mol. The number of hydrogen-bond donors (Lipinski definition) is 2. The van der Waals surface area contributed by atoms with E-state index in [0.717, 1.165) is 15.3 Å². The number of hydrogen-bond acceptors (Lipinski definition) is 4. The lowest BCUT2D eigenvalue weighted by atomic mass is 10.2. The molecule has 0 aliphatic rings. The number of carbonyl (C=O) groups is 2. The number of carbonyl (C=O) groups excluding carboxylic acids is 2. The summed E-state index contributed by atoms with van der Waals surface area (Å²) in [5.74, 6) is -0.258. The van der Waals surface area contributed by atoms with Gasteiger partial charge in [-0.15, -0.1) is 11.3 Å². The molecule has 0 aliphatic heterocycles. The van der Waals surface area contributed by atoms with Crippen molar-refractivity contribution in [2.75, 3.05) is 11.9 Å². The summed E-state index contributed by atoms with van der Waals surface area (Å²) in [4.78, 5) is 24.9. The minimum Gasteiger partial charge on any atom is -0.484 e. The first kappa shape index (κ1) is 18.4. The van der Waals surface area contributed by atoms with E-state index in [2.05, 4.69) is 17.4 Å². The van der Waals surface area contributed by atoms with Gasteiger partial charge in [-0.2, -0.15) is 0 Å². The number of nitrogens with two attached hydrogens (primary N) is 1. The third kappa shape index (κ3) is 5.55. The van der Waals surface area contributed by atoms with Crippen LogP contribution in [0.2, 0.25) is 0 Å². The Hall–Kier alpha value is -3.38. The first-order valence-corrected chi connectivity index (χ1v) is 9.07. The van der Waals surface area contributed by atoms with Gasteiger partial charge >= 0.3 is 0 Å². The molecule has 0 saturated carbocycles. The number of primary amides is 1. The predicted molar refractivity (Wildman–Crippen MR) is 109 cm³/mol. The number of amides is 2. The van der Waals surface area contributed by atoms with Gasteiger partial charge in [0.15, 0.2) is 6.61 Å². The molecule has 1 aromatic heterocycles. The molecule has 0 unspecified atom stereocenters. The van der Waals surface area contributed by atoms with E-state index in [-0.39, 0.29) is 12.5 Å². The van der Waals surface area contributed by atoms with E-state index in [1.807, 2.05) is 30.3 Å². The Kier molecular flexibility index (Phi) is 6.02. The van der Waals surface area contributed by atoms with E-state index >= 15 is 0 Å². The number of anilines is 1. The average molecular weight is 378 g/mol. The quantitative estimate of drug-likeness (QED) is 0.611. The smallest absolute Gasteiger partial charge is 0.255 e. The molecule has 0 aliphatic carbocycles. The molecule has 136 valence electrons. The molecule has 0 spiro atoms. The highest BCUT2D eigenvalue weighted by Crippen LogP contribution is 2.28. The molecule has 3 rings (SSSR count). The van der Waals surface area contributed by atoms with E-state index in [9.17, 15) is 9.59 Å². The Morgan fingerprint density at radius 2 is 1.74 bits per heavy atom. The normalized spacial score (nSPS) is 10.7.